The lowest BCUT2D eigenvalue weighted by molar-refractivity contribution is -0.298. The molecule has 4 nitrogen and oxygen atoms in total. The van der Waals surface area contributed by atoms with Crippen LogP contribution in [0.1, 0.15) is 5.76 Å². The van der Waals surface area contributed by atoms with Gasteiger partial charge in [0.25, 0.3) is 0 Å². The molecule has 18 heavy (non-hydrogen) atoms. The first kappa shape index (κ1) is 13.0. The summed E-state index contributed by atoms with van der Waals surface area (Å²) in [7, 11) is 0. The number of aliphatic carboxylic acids is 1. The summed E-state index contributed by atoms with van der Waals surface area (Å²) in [5, 5.41) is 11.0. The van der Waals surface area contributed by atoms with Gasteiger partial charge < -0.3 is 14.3 Å². The van der Waals surface area contributed by atoms with Crippen molar-refractivity contribution < 1.29 is 19.1 Å². The molecule has 6 heteroatoms. The molecule has 0 unspecified atom stereocenters. The van der Waals surface area contributed by atoms with Crippen molar-refractivity contribution >= 4 is 41.4 Å². The number of carbonyl (C=O) groups excluding carboxylic acids is 2. The highest BCUT2D eigenvalue weighted by Gasteiger charge is 2.19. The van der Waals surface area contributed by atoms with Gasteiger partial charge in [0.2, 0.25) is 0 Å². The number of furan rings is 1. The molecular weight excluding hydrogens is 272 g/mol. The van der Waals surface area contributed by atoms with Crippen LogP contribution in [0.3, 0.4) is 0 Å². The molecule has 1 fully saturated rings. The third-order valence-corrected chi connectivity index (χ3v) is 4.86. The molecule has 0 N–H and O–H groups in total. The van der Waals surface area contributed by atoms with Gasteiger partial charge in [0.05, 0.1) is 22.0 Å². The standard InChI is InChI=1S/C12H10O4S2/c13-9(4-3-8-2-1-5-16-8)10(11(14)15)12-17-6-7-18-12/h1-5H,6-7H2,(H,14,15)/p-1/b4-3+. The van der Waals surface area contributed by atoms with E-state index in [1.165, 1.54) is 41.9 Å². The molecule has 1 aliphatic heterocycles. The van der Waals surface area contributed by atoms with E-state index in [2.05, 4.69) is 0 Å². The zero-order valence-corrected chi connectivity index (χ0v) is 10.9. The zero-order chi connectivity index (χ0) is 13.0. The van der Waals surface area contributed by atoms with E-state index in [0.717, 1.165) is 11.5 Å². The predicted octanol–water partition coefficient (Wildman–Crippen LogP) is 1.30. The maximum atomic E-state index is 11.8. The normalized spacial score (nSPS) is 15.2. The summed E-state index contributed by atoms with van der Waals surface area (Å²) in [6.45, 7) is 0. The van der Waals surface area contributed by atoms with Crippen molar-refractivity contribution in [3.63, 3.8) is 0 Å². The van der Waals surface area contributed by atoms with Crippen LogP contribution in [-0.2, 0) is 9.59 Å². The molecule has 0 atom stereocenters. The molecule has 0 spiro atoms. The van der Waals surface area contributed by atoms with Crippen LogP contribution in [0.4, 0.5) is 0 Å². The number of rotatable bonds is 4. The molecule has 0 amide bonds. The lowest BCUT2D eigenvalue weighted by Crippen LogP contribution is -2.28. The van der Waals surface area contributed by atoms with Gasteiger partial charge in [0, 0.05) is 11.5 Å². The lowest BCUT2D eigenvalue weighted by atomic mass is 10.2. The van der Waals surface area contributed by atoms with Crippen molar-refractivity contribution in [2.75, 3.05) is 11.5 Å². The average Bonchev–Trinajstić information content (AvgIpc) is 2.99. The van der Waals surface area contributed by atoms with Gasteiger partial charge >= 0.3 is 0 Å². The molecule has 0 aliphatic carbocycles. The minimum absolute atomic E-state index is 0.259. The summed E-state index contributed by atoms with van der Waals surface area (Å²) in [4.78, 5) is 22.8. The molecule has 1 aromatic rings. The molecule has 1 aromatic heterocycles. The number of hydrogen-bond acceptors (Lipinski definition) is 6. The Morgan fingerprint density at radius 2 is 2.06 bits per heavy atom. The van der Waals surface area contributed by atoms with Crippen LogP contribution in [0, 0.1) is 0 Å². The van der Waals surface area contributed by atoms with E-state index in [1.807, 2.05) is 0 Å². The summed E-state index contributed by atoms with van der Waals surface area (Å²) in [6, 6.07) is 3.36. The van der Waals surface area contributed by atoms with Crippen LogP contribution in [-0.4, -0.2) is 23.3 Å². The Morgan fingerprint density at radius 1 is 1.33 bits per heavy atom. The van der Waals surface area contributed by atoms with E-state index in [0.29, 0.717) is 10.00 Å². The van der Waals surface area contributed by atoms with E-state index in [9.17, 15) is 14.7 Å². The topological polar surface area (TPSA) is 70.3 Å². The lowest BCUT2D eigenvalue weighted by Gasteiger charge is -2.07. The van der Waals surface area contributed by atoms with Gasteiger partial charge in [-0.3, -0.25) is 4.79 Å². The SMILES string of the molecule is O=C([O-])C(C(=O)/C=C/c1ccco1)=C1SCCS1. The highest BCUT2D eigenvalue weighted by atomic mass is 32.2. The van der Waals surface area contributed by atoms with Crippen molar-refractivity contribution in [3.8, 4) is 0 Å². The number of carbonyl (C=O) groups is 2. The molecule has 0 saturated carbocycles. The Kier molecular flexibility index (Phi) is 4.33. The van der Waals surface area contributed by atoms with Crippen molar-refractivity contribution in [1.29, 1.82) is 0 Å². The molecule has 1 saturated heterocycles. The fraction of sp³-hybridized carbons (Fsp3) is 0.167. The summed E-state index contributed by atoms with van der Waals surface area (Å²) >= 11 is 2.75. The monoisotopic (exact) mass is 281 g/mol. The van der Waals surface area contributed by atoms with Crippen molar-refractivity contribution in [2.45, 2.75) is 0 Å². The maximum absolute atomic E-state index is 11.8. The minimum Gasteiger partial charge on any atom is -0.545 e. The van der Waals surface area contributed by atoms with Crippen LogP contribution in [0.15, 0.2) is 38.7 Å². The summed E-state index contributed by atoms with van der Waals surface area (Å²) in [6.07, 6.45) is 4.11. The van der Waals surface area contributed by atoms with Crippen molar-refractivity contribution in [3.05, 3.63) is 40.0 Å². The number of ketones is 1. The molecule has 2 rings (SSSR count). The van der Waals surface area contributed by atoms with Crippen molar-refractivity contribution in [1.82, 2.24) is 0 Å². The quantitative estimate of drug-likeness (QED) is 0.471. The predicted molar refractivity (Wildman–Crippen MR) is 69.7 cm³/mol. The fourth-order valence-electron chi connectivity index (χ4n) is 1.37. The van der Waals surface area contributed by atoms with Gasteiger partial charge in [-0.25, -0.2) is 0 Å². The molecule has 2 heterocycles. The van der Waals surface area contributed by atoms with E-state index in [4.69, 9.17) is 4.42 Å². The van der Waals surface area contributed by atoms with Crippen LogP contribution >= 0.6 is 23.5 Å². The number of carboxylic acids is 1. The second-order valence-electron chi connectivity index (χ2n) is 3.36. The van der Waals surface area contributed by atoms with Crippen LogP contribution < -0.4 is 5.11 Å². The van der Waals surface area contributed by atoms with Gasteiger partial charge in [-0.15, -0.1) is 23.5 Å². The van der Waals surface area contributed by atoms with Crippen molar-refractivity contribution in [2.24, 2.45) is 0 Å². The van der Waals surface area contributed by atoms with Gasteiger partial charge in [-0.2, -0.15) is 0 Å². The Balaban J connectivity index is 2.20. The Hall–Kier alpha value is -1.40. The van der Waals surface area contributed by atoms with E-state index >= 15 is 0 Å². The molecule has 0 radical (unpaired) electrons. The van der Waals surface area contributed by atoms with E-state index in [-0.39, 0.29) is 5.57 Å². The Labute approximate surface area is 112 Å². The second kappa shape index (κ2) is 5.97. The molecule has 94 valence electrons. The minimum atomic E-state index is -1.43. The van der Waals surface area contributed by atoms with E-state index in [1.54, 1.807) is 12.1 Å². The third-order valence-electron chi connectivity index (χ3n) is 2.15. The number of carboxylic acid groups (broad SMARTS) is 1. The highest BCUT2D eigenvalue weighted by Crippen LogP contribution is 2.38. The molecule has 0 aromatic carbocycles. The first-order valence-electron chi connectivity index (χ1n) is 5.15. The van der Waals surface area contributed by atoms with Crippen LogP contribution in [0.25, 0.3) is 6.08 Å². The zero-order valence-electron chi connectivity index (χ0n) is 9.25. The maximum Gasteiger partial charge on any atom is 0.189 e. The fourth-order valence-corrected chi connectivity index (χ4v) is 3.89. The second-order valence-corrected chi connectivity index (χ2v) is 5.83. The van der Waals surface area contributed by atoms with Gasteiger partial charge in [-0.1, -0.05) is 0 Å². The van der Waals surface area contributed by atoms with Crippen LogP contribution in [0.5, 0.6) is 0 Å². The number of thioether (sulfide) groups is 2. The van der Waals surface area contributed by atoms with Gasteiger partial charge in [0.1, 0.15) is 5.76 Å². The smallest absolute Gasteiger partial charge is 0.189 e. The Bertz CT molecular complexity index is 506. The average molecular weight is 281 g/mol. The molecule has 1 aliphatic rings. The third kappa shape index (κ3) is 3.08. The summed E-state index contributed by atoms with van der Waals surface area (Å²) in [5.41, 5.74) is -0.259. The first-order valence-corrected chi connectivity index (χ1v) is 7.13. The highest BCUT2D eigenvalue weighted by molar-refractivity contribution is 8.25. The summed E-state index contributed by atoms with van der Waals surface area (Å²) < 4.78 is 5.55. The largest absolute Gasteiger partial charge is 0.545 e. The van der Waals surface area contributed by atoms with Gasteiger partial charge in [-0.05, 0) is 24.3 Å². The van der Waals surface area contributed by atoms with Crippen LogP contribution in [0.2, 0.25) is 0 Å². The Morgan fingerprint density at radius 3 is 2.61 bits per heavy atom. The number of allylic oxidation sites excluding steroid dienone is 1. The van der Waals surface area contributed by atoms with Gasteiger partial charge in [0.15, 0.2) is 5.78 Å². The van der Waals surface area contributed by atoms with E-state index < -0.39 is 11.8 Å². The summed E-state index contributed by atoms with van der Waals surface area (Å²) in [5.74, 6) is 0.125. The molecular formula is C12H9O4S2-. The number of hydrogen-bond donors (Lipinski definition) is 0. The first-order chi connectivity index (χ1) is 8.68. The molecule has 0 bridgehead atoms.